The van der Waals surface area contributed by atoms with Crippen LogP contribution in [0.3, 0.4) is 0 Å². The molecular weight excluding hydrogens is 185 g/mol. The molecule has 0 spiro atoms. The van der Waals surface area contributed by atoms with Crippen molar-refractivity contribution in [2.24, 2.45) is 0 Å². The Hall–Kier alpha value is -0.837. The molecule has 0 fully saturated rings. The summed E-state index contributed by atoms with van der Waals surface area (Å²) in [5.74, 6) is 0. The van der Waals surface area contributed by atoms with Gasteiger partial charge in [-0.1, -0.05) is 0 Å². The summed E-state index contributed by atoms with van der Waals surface area (Å²) in [5.41, 5.74) is 0. The molecule has 0 atom stereocenters. The van der Waals surface area contributed by atoms with E-state index in [4.69, 9.17) is 30.0 Å². The molecule has 0 amide bonds. The van der Waals surface area contributed by atoms with E-state index >= 15 is 0 Å². The molecular formula is C2H4O6Zn. The third-order valence-electron chi connectivity index (χ3n) is 0. The minimum absolute atomic E-state index is 0. The van der Waals surface area contributed by atoms with Gasteiger partial charge in [0, 0.05) is 19.5 Å². The van der Waals surface area contributed by atoms with Gasteiger partial charge < -0.3 is 20.4 Å². The summed E-state index contributed by atoms with van der Waals surface area (Å²) in [5, 5.41) is 27.9. The van der Waals surface area contributed by atoms with Crippen molar-refractivity contribution in [2.45, 2.75) is 0 Å². The number of rotatable bonds is 0. The summed E-state index contributed by atoms with van der Waals surface area (Å²) in [6, 6.07) is 0. The van der Waals surface area contributed by atoms with E-state index in [1.807, 2.05) is 0 Å². The number of carbonyl (C=O) groups is 2. The van der Waals surface area contributed by atoms with Crippen LogP contribution in [0, 0.1) is 0 Å². The minimum atomic E-state index is -1.83. The quantitative estimate of drug-likeness (QED) is 0.411. The van der Waals surface area contributed by atoms with Crippen LogP contribution in [0.2, 0.25) is 0 Å². The molecule has 0 aliphatic carbocycles. The zero-order valence-electron chi connectivity index (χ0n) is 4.31. The number of carboxylic acid groups (broad SMARTS) is 4. The number of hydrogen-bond donors (Lipinski definition) is 4. The molecule has 7 heteroatoms. The van der Waals surface area contributed by atoms with E-state index < -0.39 is 12.3 Å². The van der Waals surface area contributed by atoms with E-state index in [2.05, 4.69) is 0 Å². The van der Waals surface area contributed by atoms with Crippen LogP contribution in [-0.2, 0) is 19.5 Å². The van der Waals surface area contributed by atoms with Gasteiger partial charge in [-0.3, -0.25) is 0 Å². The molecule has 0 aromatic heterocycles. The molecule has 0 bridgehead atoms. The Morgan fingerprint density at radius 2 is 0.778 bits per heavy atom. The Labute approximate surface area is 62.5 Å². The van der Waals surface area contributed by atoms with Crippen LogP contribution in [-0.4, -0.2) is 32.7 Å². The van der Waals surface area contributed by atoms with Gasteiger partial charge in [0.2, 0.25) is 0 Å². The molecule has 0 saturated carbocycles. The fourth-order valence-corrected chi connectivity index (χ4v) is 0. The molecule has 0 saturated heterocycles. The maximum absolute atomic E-state index is 8.56. The Morgan fingerprint density at radius 3 is 0.778 bits per heavy atom. The van der Waals surface area contributed by atoms with E-state index in [1.54, 1.807) is 0 Å². The molecule has 0 rings (SSSR count). The largest absolute Gasteiger partial charge is 0.503 e. The second-order valence-electron chi connectivity index (χ2n) is 0.565. The molecule has 6 nitrogen and oxygen atoms in total. The van der Waals surface area contributed by atoms with Crippen LogP contribution >= 0.6 is 0 Å². The van der Waals surface area contributed by atoms with Gasteiger partial charge in [-0.25, -0.2) is 9.59 Å². The van der Waals surface area contributed by atoms with Gasteiger partial charge in [-0.05, 0) is 0 Å². The summed E-state index contributed by atoms with van der Waals surface area (Å²) < 4.78 is 0. The van der Waals surface area contributed by atoms with Crippen molar-refractivity contribution in [2.75, 3.05) is 0 Å². The third kappa shape index (κ3) is 273. The summed E-state index contributed by atoms with van der Waals surface area (Å²) in [7, 11) is 0. The number of hydrogen-bond acceptors (Lipinski definition) is 2. The second kappa shape index (κ2) is 10.2. The molecule has 0 heterocycles. The zero-order valence-corrected chi connectivity index (χ0v) is 7.28. The first-order valence-corrected chi connectivity index (χ1v) is 1.30. The fourth-order valence-electron chi connectivity index (χ4n) is 0. The van der Waals surface area contributed by atoms with Crippen LogP contribution in [0.5, 0.6) is 0 Å². The zero-order chi connectivity index (χ0) is 7.15. The first kappa shape index (κ1) is 15.7. The van der Waals surface area contributed by atoms with E-state index in [9.17, 15) is 0 Å². The van der Waals surface area contributed by atoms with Crippen LogP contribution in [0.1, 0.15) is 0 Å². The molecule has 0 radical (unpaired) electrons. The van der Waals surface area contributed by atoms with E-state index in [0.717, 1.165) is 0 Å². The molecule has 9 heavy (non-hydrogen) atoms. The Balaban J connectivity index is -0.0000000720. The molecule has 50 valence electrons. The molecule has 0 aliphatic heterocycles. The van der Waals surface area contributed by atoms with Gasteiger partial charge in [-0.15, -0.1) is 0 Å². The van der Waals surface area contributed by atoms with Crippen molar-refractivity contribution in [1.29, 1.82) is 0 Å². The first-order chi connectivity index (χ1) is 3.46. The third-order valence-corrected chi connectivity index (χ3v) is 0. The van der Waals surface area contributed by atoms with Crippen LogP contribution in [0.15, 0.2) is 0 Å². The monoisotopic (exact) mass is 188 g/mol. The van der Waals surface area contributed by atoms with Gasteiger partial charge in [0.25, 0.3) is 0 Å². The Kier molecular flexibility index (Phi) is 17.8. The minimum Gasteiger partial charge on any atom is -0.450 e. The van der Waals surface area contributed by atoms with Crippen molar-refractivity contribution in [1.82, 2.24) is 0 Å². The van der Waals surface area contributed by atoms with Crippen molar-refractivity contribution >= 4 is 12.3 Å². The van der Waals surface area contributed by atoms with Gasteiger partial charge in [0.05, 0.1) is 0 Å². The second-order valence-corrected chi connectivity index (χ2v) is 0.565. The van der Waals surface area contributed by atoms with Gasteiger partial charge in [0.15, 0.2) is 0 Å². The van der Waals surface area contributed by atoms with Crippen molar-refractivity contribution in [3.63, 3.8) is 0 Å². The standard InChI is InChI=1S/2CH2O3.Zn/c2*2-1(3)4;/h2*(H2,2,3,4);. The summed E-state index contributed by atoms with van der Waals surface area (Å²) in [4.78, 5) is 17.1. The molecule has 0 aliphatic rings. The van der Waals surface area contributed by atoms with Gasteiger partial charge in [0.1, 0.15) is 0 Å². The van der Waals surface area contributed by atoms with Crippen molar-refractivity contribution < 1.29 is 49.5 Å². The SMILES string of the molecule is O=C(O)O.O=C(O)O.[Zn]. The van der Waals surface area contributed by atoms with Crippen molar-refractivity contribution in [3.8, 4) is 0 Å². The molecule has 0 aromatic carbocycles. The first-order valence-electron chi connectivity index (χ1n) is 1.30. The maximum Gasteiger partial charge on any atom is 0.503 e. The summed E-state index contributed by atoms with van der Waals surface area (Å²) in [6.45, 7) is 0. The van der Waals surface area contributed by atoms with Crippen LogP contribution in [0.4, 0.5) is 9.59 Å². The van der Waals surface area contributed by atoms with Gasteiger partial charge >= 0.3 is 12.3 Å². The summed E-state index contributed by atoms with van der Waals surface area (Å²) in [6.07, 6.45) is -3.67. The molecule has 0 unspecified atom stereocenters. The average molecular weight is 189 g/mol. The Morgan fingerprint density at radius 1 is 0.778 bits per heavy atom. The normalized spacial score (nSPS) is 5.33. The molecule has 0 aromatic rings. The van der Waals surface area contributed by atoms with E-state index in [1.165, 1.54) is 0 Å². The van der Waals surface area contributed by atoms with Crippen LogP contribution < -0.4 is 0 Å². The average Bonchev–Trinajstić information content (AvgIpc) is 1.25. The van der Waals surface area contributed by atoms with Gasteiger partial charge in [-0.2, -0.15) is 0 Å². The van der Waals surface area contributed by atoms with Crippen molar-refractivity contribution in [3.05, 3.63) is 0 Å². The smallest absolute Gasteiger partial charge is 0.450 e. The predicted octanol–water partition coefficient (Wildman–Crippen LogP) is 0.442. The Bertz CT molecular complexity index is 69.1. The predicted molar refractivity (Wildman–Crippen MR) is 21.3 cm³/mol. The molecule has 4 N–H and O–H groups in total. The van der Waals surface area contributed by atoms with Crippen LogP contribution in [0.25, 0.3) is 0 Å². The van der Waals surface area contributed by atoms with E-state index in [0.29, 0.717) is 0 Å². The fraction of sp³-hybridized carbons (Fsp3) is 0. The summed E-state index contributed by atoms with van der Waals surface area (Å²) >= 11 is 0. The topological polar surface area (TPSA) is 115 Å². The van der Waals surface area contributed by atoms with E-state index in [-0.39, 0.29) is 19.5 Å². The maximum atomic E-state index is 8.56.